The first-order valence-corrected chi connectivity index (χ1v) is 9.68. The van der Waals surface area contributed by atoms with Crippen LogP contribution in [0.1, 0.15) is 17.5 Å². The zero-order valence-electron chi connectivity index (χ0n) is 15.0. The highest BCUT2D eigenvalue weighted by Gasteiger charge is 2.36. The number of aliphatic hydroxyl groups excluding tert-OH is 2. The molecule has 1 fully saturated rings. The van der Waals surface area contributed by atoms with E-state index < -0.39 is 18.0 Å². The average molecular weight is 414 g/mol. The number of hydrogen-bond donors (Lipinski definition) is 2. The number of hydrogen-bond acceptors (Lipinski definition) is 6. The normalized spacial score (nSPS) is 19.0. The zero-order chi connectivity index (χ0) is 20.1. The molecule has 0 bridgehead atoms. The highest BCUT2D eigenvalue weighted by molar-refractivity contribution is 8.00. The lowest BCUT2D eigenvalue weighted by Crippen LogP contribution is -2.38. The van der Waals surface area contributed by atoms with Crippen LogP contribution in [0.5, 0.6) is 5.75 Å². The third kappa shape index (κ3) is 5.38. The molecule has 3 rings (SSSR count). The van der Waals surface area contributed by atoms with Crippen LogP contribution in [-0.2, 0) is 12.8 Å². The van der Waals surface area contributed by atoms with E-state index in [1.807, 2.05) is 0 Å². The lowest BCUT2D eigenvalue weighted by molar-refractivity contribution is -0.140. The Hall–Kier alpha value is -1.81. The van der Waals surface area contributed by atoms with E-state index in [-0.39, 0.29) is 23.5 Å². The minimum Gasteiger partial charge on any atom is -0.489 e. The van der Waals surface area contributed by atoms with Crippen LogP contribution in [0.4, 0.5) is 13.2 Å². The molecular formula is C19H21F3N2O3S. The Labute approximate surface area is 165 Å². The number of alkyl halides is 3. The quantitative estimate of drug-likeness (QED) is 0.726. The first kappa shape index (κ1) is 20.9. The molecule has 2 aromatic rings. The summed E-state index contributed by atoms with van der Waals surface area (Å²) in [5.41, 5.74) is 0.0358. The number of aromatic nitrogens is 1. The van der Waals surface area contributed by atoms with Gasteiger partial charge in [-0.2, -0.15) is 13.2 Å². The molecule has 1 aliphatic heterocycles. The molecule has 5 nitrogen and oxygen atoms in total. The van der Waals surface area contributed by atoms with Crippen molar-refractivity contribution in [3.05, 3.63) is 53.7 Å². The number of ether oxygens (including phenoxy) is 1. The molecule has 0 aliphatic carbocycles. The monoisotopic (exact) mass is 414 g/mol. The molecule has 2 atom stereocenters. The minimum absolute atomic E-state index is 0.0310. The van der Waals surface area contributed by atoms with Gasteiger partial charge >= 0.3 is 6.18 Å². The number of aliphatic hydroxyl groups is 2. The van der Waals surface area contributed by atoms with Crippen molar-refractivity contribution in [2.45, 2.75) is 35.7 Å². The van der Waals surface area contributed by atoms with Crippen LogP contribution in [0.25, 0.3) is 0 Å². The summed E-state index contributed by atoms with van der Waals surface area (Å²) in [5, 5.41) is 19.2. The number of likely N-dealkylation sites (tertiary alicyclic amines) is 1. The van der Waals surface area contributed by atoms with E-state index in [4.69, 9.17) is 9.84 Å². The van der Waals surface area contributed by atoms with Crippen molar-refractivity contribution in [2.24, 2.45) is 0 Å². The summed E-state index contributed by atoms with van der Waals surface area (Å²) in [5.74, 6) is 0.574. The lowest BCUT2D eigenvalue weighted by atomic mass is 10.2. The predicted molar refractivity (Wildman–Crippen MR) is 98.9 cm³/mol. The van der Waals surface area contributed by atoms with Gasteiger partial charge in [-0.25, -0.2) is 4.98 Å². The number of benzene rings is 1. The third-order valence-corrected chi connectivity index (χ3v) is 5.72. The Morgan fingerprint density at radius 1 is 1.25 bits per heavy atom. The van der Waals surface area contributed by atoms with Crippen LogP contribution < -0.4 is 4.74 Å². The smallest absolute Gasteiger partial charge is 0.419 e. The van der Waals surface area contributed by atoms with Gasteiger partial charge in [0, 0.05) is 24.5 Å². The molecule has 0 amide bonds. The van der Waals surface area contributed by atoms with Crippen LogP contribution in [0.15, 0.2) is 47.6 Å². The molecule has 28 heavy (non-hydrogen) atoms. The maximum Gasteiger partial charge on any atom is 0.419 e. The second kappa shape index (κ2) is 9.13. The maximum absolute atomic E-state index is 13.1. The van der Waals surface area contributed by atoms with E-state index in [2.05, 4.69) is 4.98 Å². The van der Waals surface area contributed by atoms with Crippen molar-refractivity contribution in [1.82, 2.24) is 9.88 Å². The van der Waals surface area contributed by atoms with Gasteiger partial charge in [-0.3, -0.25) is 4.90 Å². The molecule has 1 aromatic heterocycles. The highest BCUT2D eigenvalue weighted by atomic mass is 32.2. The first-order valence-electron chi connectivity index (χ1n) is 8.80. The second-order valence-electron chi connectivity index (χ2n) is 6.47. The summed E-state index contributed by atoms with van der Waals surface area (Å²) in [6, 6.07) is 9.20. The number of halogens is 3. The molecule has 152 valence electrons. The van der Waals surface area contributed by atoms with E-state index in [9.17, 15) is 18.3 Å². The van der Waals surface area contributed by atoms with Gasteiger partial charge in [0.1, 0.15) is 23.6 Å². The summed E-state index contributed by atoms with van der Waals surface area (Å²) in [6.45, 7) is 1.02. The molecular weight excluding hydrogens is 393 g/mol. The molecule has 2 N–H and O–H groups in total. The first-order chi connectivity index (χ1) is 13.4. The standard InChI is InChI=1S/C19H21F3N2O3S/c20-19(21,22)16-2-1-8-23-18(16)28-15-7-9-24(10-15)17(26)12-27-14-5-3-13(11-25)4-6-14/h1-6,8,15,17,25-26H,7,9-12H2/t15-,17?/m1/s1. The van der Waals surface area contributed by atoms with Gasteiger partial charge in [0.25, 0.3) is 0 Å². The Balaban J connectivity index is 1.52. The largest absolute Gasteiger partial charge is 0.489 e. The van der Waals surface area contributed by atoms with Crippen molar-refractivity contribution in [2.75, 3.05) is 19.7 Å². The van der Waals surface area contributed by atoms with Crippen LogP contribution in [0.3, 0.4) is 0 Å². The van der Waals surface area contributed by atoms with E-state index in [1.165, 1.54) is 12.3 Å². The minimum atomic E-state index is -4.44. The summed E-state index contributed by atoms with van der Waals surface area (Å²) in [7, 11) is 0. The molecule has 1 aromatic carbocycles. The van der Waals surface area contributed by atoms with Crippen LogP contribution in [-0.4, -0.2) is 51.3 Å². The van der Waals surface area contributed by atoms with E-state index >= 15 is 0 Å². The van der Waals surface area contributed by atoms with Crippen molar-refractivity contribution < 1.29 is 28.1 Å². The number of pyridine rings is 1. The van der Waals surface area contributed by atoms with Crippen molar-refractivity contribution in [3.63, 3.8) is 0 Å². The lowest BCUT2D eigenvalue weighted by Gasteiger charge is -2.23. The van der Waals surface area contributed by atoms with Gasteiger partial charge in [-0.15, -0.1) is 11.8 Å². The van der Waals surface area contributed by atoms with Crippen molar-refractivity contribution >= 4 is 11.8 Å². The van der Waals surface area contributed by atoms with Crippen molar-refractivity contribution in [1.29, 1.82) is 0 Å². The second-order valence-corrected chi connectivity index (χ2v) is 7.76. The summed E-state index contributed by atoms with van der Waals surface area (Å²) < 4.78 is 44.9. The fraction of sp³-hybridized carbons (Fsp3) is 0.421. The average Bonchev–Trinajstić information content (AvgIpc) is 3.14. The molecule has 0 saturated carbocycles. The fourth-order valence-corrected chi connectivity index (χ4v) is 4.18. The van der Waals surface area contributed by atoms with E-state index in [1.54, 1.807) is 29.2 Å². The molecule has 1 unspecified atom stereocenters. The third-order valence-electron chi connectivity index (χ3n) is 4.46. The summed E-state index contributed by atoms with van der Waals surface area (Å²) >= 11 is 1.10. The Morgan fingerprint density at radius 2 is 2.00 bits per heavy atom. The Kier molecular flexibility index (Phi) is 6.82. The molecule has 1 aliphatic rings. The van der Waals surface area contributed by atoms with Crippen LogP contribution in [0.2, 0.25) is 0 Å². The fourth-order valence-electron chi connectivity index (χ4n) is 2.95. The van der Waals surface area contributed by atoms with Gasteiger partial charge in [-0.1, -0.05) is 12.1 Å². The SMILES string of the molecule is OCc1ccc(OCC(O)N2CC[C@@H](Sc3ncccc3C(F)(F)F)C2)cc1. The number of nitrogens with zero attached hydrogens (tertiary/aromatic N) is 2. The highest BCUT2D eigenvalue weighted by Crippen LogP contribution is 2.38. The Morgan fingerprint density at radius 3 is 2.68 bits per heavy atom. The van der Waals surface area contributed by atoms with Crippen LogP contribution >= 0.6 is 11.8 Å². The van der Waals surface area contributed by atoms with Crippen LogP contribution in [0, 0.1) is 0 Å². The number of thioether (sulfide) groups is 1. The number of rotatable bonds is 7. The Bertz CT molecular complexity index is 774. The van der Waals surface area contributed by atoms with Gasteiger partial charge in [0.2, 0.25) is 0 Å². The van der Waals surface area contributed by atoms with Gasteiger partial charge < -0.3 is 14.9 Å². The van der Waals surface area contributed by atoms with Gasteiger partial charge in [0.15, 0.2) is 0 Å². The molecule has 2 heterocycles. The van der Waals surface area contributed by atoms with Crippen molar-refractivity contribution in [3.8, 4) is 5.75 Å². The summed E-state index contributed by atoms with van der Waals surface area (Å²) in [4.78, 5) is 5.68. The molecule has 0 radical (unpaired) electrons. The predicted octanol–water partition coefficient (Wildman–Crippen LogP) is 3.16. The van der Waals surface area contributed by atoms with E-state index in [0.29, 0.717) is 25.3 Å². The molecule has 9 heteroatoms. The molecule has 0 spiro atoms. The zero-order valence-corrected chi connectivity index (χ0v) is 15.8. The van der Waals surface area contributed by atoms with E-state index in [0.717, 1.165) is 23.4 Å². The van der Waals surface area contributed by atoms with Gasteiger partial charge in [-0.05, 0) is 36.2 Å². The van der Waals surface area contributed by atoms with Gasteiger partial charge in [0.05, 0.1) is 12.2 Å². The maximum atomic E-state index is 13.1. The molecule has 1 saturated heterocycles. The summed E-state index contributed by atoms with van der Waals surface area (Å²) in [6.07, 6.45) is -3.28. The topological polar surface area (TPSA) is 65.8 Å².